The molecule has 0 fully saturated rings. The van der Waals surface area contributed by atoms with Crippen LogP contribution in [0.5, 0.6) is 0 Å². The van der Waals surface area contributed by atoms with Gasteiger partial charge >= 0.3 is 0 Å². The molecule has 1 rings (SSSR count). The number of pyridine rings is 1. The van der Waals surface area contributed by atoms with Gasteiger partial charge < -0.3 is 0 Å². The largest absolute Gasteiger partial charge is 0.262 e. The fourth-order valence-corrected chi connectivity index (χ4v) is 3.28. The summed E-state index contributed by atoms with van der Waals surface area (Å²) in [5.74, 6) is 0. The van der Waals surface area contributed by atoms with Crippen molar-refractivity contribution in [1.29, 1.82) is 0 Å². The number of nitrogens with zero attached hydrogens (tertiary/aromatic N) is 1. The van der Waals surface area contributed by atoms with Gasteiger partial charge in [-0.3, -0.25) is 4.98 Å². The summed E-state index contributed by atoms with van der Waals surface area (Å²) in [6.45, 7) is 5.52. The molecule has 0 aliphatic carbocycles. The van der Waals surface area contributed by atoms with Crippen LogP contribution in [0.1, 0.15) is 20.8 Å². The smallest absolute Gasteiger partial charge is 0.242 e. The highest BCUT2D eigenvalue weighted by Gasteiger charge is 2.30. The minimum absolute atomic E-state index is 0.00453. The molecule has 0 radical (unpaired) electrons. The summed E-state index contributed by atoms with van der Waals surface area (Å²) in [6.07, 6.45) is 2.86. The van der Waals surface area contributed by atoms with Crippen molar-refractivity contribution in [2.75, 3.05) is 0 Å². The molecule has 0 amide bonds. The summed E-state index contributed by atoms with van der Waals surface area (Å²) in [5.41, 5.74) is -0.582. The van der Waals surface area contributed by atoms with Crippen LogP contribution in [0.15, 0.2) is 27.8 Å². The quantitative estimate of drug-likeness (QED) is 0.810. The zero-order chi connectivity index (χ0) is 13.3. The molecule has 7 heteroatoms. The van der Waals surface area contributed by atoms with Gasteiger partial charge in [-0.1, -0.05) is 22.9 Å². The molecule has 0 bridgehead atoms. The molecule has 0 aliphatic rings. The van der Waals surface area contributed by atoms with Gasteiger partial charge in [0.05, 0.1) is 0 Å². The second-order valence-corrected chi connectivity index (χ2v) is 8.25. The SMILES string of the molecule is CC(Br)C(C)(C)NS(=O)(=O)c1cncc(Br)c1. The van der Waals surface area contributed by atoms with Crippen molar-refractivity contribution in [3.8, 4) is 0 Å². The summed E-state index contributed by atoms with van der Waals surface area (Å²) in [6, 6.07) is 1.52. The molecule has 4 nitrogen and oxygen atoms in total. The zero-order valence-electron chi connectivity index (χ0n) is 9.74. The van der Waals surface area contributed by atoms with Gasteiger partial charge in [-0.15, -0.1) is 0 Å². The number of nitrogens with one attached hydrogen (secondary N) is 1. The minimum atomic E-state index is -3.56. The van der Waals surface area contributed by atoms with E-state index in [-0.39, 0.29) is 9.72 Å². The molecule has 0 aromatic carbocycles. The number of hydrogen-bond acceptors (Lipinski definition) is 3. The highest BCUT2D eigenvalue weighted by atomic mass is 79.9. The number of rotatable bonds is 4. The third-order valence-corrected chi connectivity index (χ3v) is 5.60. The molecule has 0 aliphatic heterocycles. The second kappa shape index (κ2) is 5.34. The van der Waals surface area contributed by atoms with Crippen LogP contribution in [0.2, 0.25) is 0 Å². The van der Waals surface area contributed by atoms with Gasteiger partial charge in [0.1, 0.15) is 4.90 Å². The van der Waals surface area contributed by atoms with Gasteiger partial charge in [-0.05, 0) is 35.8 Å². The van der Waals surface area contributed by atoms with Crippen LogP contribution in [0.25, 0.3) is 0 Å². The van der Waals surface area contributed by atoms with Crippen LogP contribution < -0.4 is 4.72 Å². The molecule has 0 saturated carbocycles. The van der Waals surface area contributed by atoms with Crippen LogP contribution in [-0.2, 0) is 10.0 Å². The average Bonchev–Trinajstić information content (AvgIpc) is 2.15. The molecule has 1 unspecified atom stereocenters. The maximum absolute atomic E-state index is 12.1. The van der Waals surface area contributed by atoms with Crippen molar-refractivity contribution < 1.29 is 8.42 Å². The second-order valence-electron chi connectivity index (χ2n) is 4.28. The molecule has 1 N–H and O–H groups in total. The van der Waals surface area contributed by atoms with Crippen LogP contribution >= 0.6 is 31.9 Å². The van der Waals surface area contributed by atoms with Crippen molar-refractivity contribution in [2.45, 2.75) is 36.0 Å². The first-order valence-corrected chi connectivity index (χ1v) is 8.13. The molecule has 1 aromatic heterocycles. The molecule has 1 heterocycles. The summed E-state index contributed by atoms with van der Waals surface area (Å²) in [4.78, 5) is 4.00. The van der Waals surface area contributed by atoms with Crippen LogP contribution in [0.3, 0.4) is 0 Å². The Morgan fingerprint density at radius 2 is 2.00 bits per heavy atom. The third kappa shape index (κ3) is 4.01. The lowest BCUT2D eigenvalue weighted by atomic mass is 10.0. The number of sulfonamides is 1. The van der Waals surface area contributed by atoms with E-state index in [0.29, 0.717) is 4.47 Å². The fraction of sp³-hybridized carbons (Fsp3) is 0.500. The Morgan fingerprint density at radius 3 is 2.47 bits per heavy atom. The van der Waals surface area contributed by atoms with E-state index in [4.69, 9.17) is 0 Å². The summed E-state index contributed by atoms with van der Waals surface area (Å²) in [7, 11) is -3.56. The Morgan fingerprint density at radius 1 is 1.41 bits per heavy atom. The standard InChI is InChI=1S/C10H14Br2N2O2S/c1-7(11)10(2,3)14-17(15,16)9-4-8(12)5-13-6-9/h4-7,14H,1-3H3. The Labute approximate surface area is 119 Å². The van der Waals surface area contributed by atoms with E-state index < -0.39 is 15.6 Å². The first kappa shape index (κ1) is 15.1. The van der Waals surface area contributed by atoms with Gasteiger partial charge in [0, 0.05) is 27.2 Å². The highest BCUT2D eigenvalue weighted by molar-refractivity contribution is 9.10. The van der Waals surface area contributed by atoms with Crippen LogP contribution in [-0.4, -0.2) is 23.8 Å². The first-order valence-electron chi connectivity index (χ1n) is 4.94. The van der Waals surface area contributed by atoms with Crippen LogP contribution in [0.4, 0.5) is 0 Å². The lowest BCUT2D eigenvalue weighted by molar-refractivity contribution is 0.453. The van der Waals surface area contributed by atoms with Gasteiger partial charge in [0.25, 0.3) is 0 Å². The molecular formula is C10H14Br2N2O2S. The van der Waals surface area contributed by atoms with Gasteiger partial charge in [-0.25, -0.2) is 13.1 Å². The maximum atomic E-state index is 12.1. The van der Waals surface area contributed by atoms with Gasteiger partial charge in [0.2, 0.25) is 10.0 Å². The number of hydrogen-bond donors (Lipinski definition) is 1. The Balaban J connectivity index is 3.06. The molecule has 1 aromatic rings. The van der Waals surface area contributed by atoms with E-state index in [2.05, 4.69) is 41.6 Å². The number of halogens is 2. The fourth-order valence-electron chi connectivity index (χ4n) is 1.03. The molecular weight excluding hydrogens is 372 g/mol. The van der Waals surface area contributed by atoms with E-state index in [1.807, 2.05) is 20.8 Å². The summed E-state index contributed by atoms with van der Waals surface area (Å²) >= 11 is 6.58. The van der Waals surface area contributed by atoms with E-state index in [9.17, 15) is 8.42 Å². The van der Waals surface area contributed by atoms with Crippen molar-refractivity contribution >= 4 is 41.9 Å². The van der Waals surface area contributed by atoms with Crippen molar-refractivity contribution in [1.82, 2.24) is 9.71 Å². The first-order chi connectivity index (χ1) is 7.65. The molecule has 0 spiro atoms. The van der Waals surface area contributed by atoms with E-state index in [0.717, 1.165) is 0 Å². The molecule has 1 atom stereocenters. The van der Waals surface area contributed by atoms with Crippen molar-refractivity contribution in [3.63, 3.8) is 0 Å². The zero-order valence-corrected chi connectivity index (χ0v) is 13.7. The Hall–Kier alpha value is 0.0200. The monoisotopic (exact) mass is 384 g/mol. The average molecular weight is 386 g/mol. The van der Waals surface area contributed by atoms with Gasteiger partial charge in [-0.2, -0.15) is 0 Å². The van der Waals surface area contributed by atoms with Crippen molar-refractivity contribution in [3.05, 3.63) is 22.9 Å². The molecule has 96 valence electrons. The van der Waals surface area contributed by atoms with E-state index in [1.54, 1.807) is 0 Å². The normalized spacial score (nSPS) is 14.6. The number of aromatic nitrogens is 1. The predicted octanol–water partition coefficient (Wildman–Crippen LogP) is 2.68. The molecule has 0 saturated heterocycles. The lowest BCUT2D eigenvalue weighted by Gasteiger charge is -2.28. The third-order valence-electron chi connectivity index (χ3n) is 2.38. The van der Waals surface area contributed by atoms with E-state index in [1.165, 1.54) is 18.5 Å². The van der Waals surface area contributed by atoms with Crippen LogP contribution in [0, 0.1) is 0 Å². The Kier molecular flexibility index (Phi) is 4.73. The highest BCUT2D eigenvalue weighted by Crippen LogP contribution is 2.21. The molecule has 17 heavy (non-hydrogen) atoms. The predicted molar refractivity (Wildman–Crippen MR) is 74.7 cm³/mol. The van der Waals surface area contributed by atoms with Gasteiger partial charge in [0.15, 0.2) is 0 Å². The minimum Gasteiger partial charge on any atom is -0.262 e. The summed E-state index contributed by atoms with van der Waals surface area (Å²) in [5, 5.41) is 0. The lowest BCUT2D eigenvalue weighted by Crippen LogP contribution is -2.48. The number of alkyl halides is 1. The topological polar surface area (TPSA) is 59.1 Å². The maximum Gasteiger partial charge on any atom is 0.242 e. The Bertz CT molecular complexity index is 501. The summed E-state index contributed by atoms with van der Waals surface area (Å²) < 4.78 is 27.5. The van der Waals surface area contributed by atoms with Crippen molar-refractivity contribution in [2.24, 2.45) is 0 Å². The van der Waals surface area contributed by atoms with E-state index >= 15 is 0 Å².